The minimum Gasteiger partial charge on any atom is -0.430 e. The fourth-order valence-corrected chi connectivity index (χ4v) is 6.88. The molecule has 8 atom stereocenters. The molecule has 3 fully saturated rings. The van der Waals surface area contributed by atoms with Crippen molar-refractivity contribution >= 4 is 11.9 Å². The first-order valence-corrected chi connectivity index (χ1v) is 11.6. The molecule has 0 aromatic heterocycles. The van der Waals surface area contributed by atoms with Crippen LogP contribution in [0.2, 0.25) is 0 Å². The molecule has 0 saturated heterocycles. The third kappa shape index (κ3) is 3.57. The number of carbonyl (C=O) groups is 2. The quantitative estimate of drug-likeness (QED) is 0.356. The summed E-state index contributed by atoms with van der Waals surface area (Å²) in [6.45, 7) is 21.8. The summed E-state index contributed by atoms with van der Waals surface area (Å²) in [5.74, 6) is -0.200. The van der Waals surface area contributed by atoms with Gasteiger partial charge in [-0.2, -0.15) is 0 Å². The van der Waals surface area contributed by atoms with E-state index in [1.54, 1.807) is 26.8 Å². The summed E-state index contributed by atoms with van der Waals surface area (Å²) in [4.78, 5) is 26.2. The molecule has 0 heterocycles. The predicted octanol–water partition coefficient (Wildman–Crippen LogP) is 5.47. The lowest BCUT2D eigenvalue weighted by atomic mass is 9.44. The molecule has 0 aromatic rings. The second-order valence-corrected chi connectivity index (χ2v) is 11.8. The average Bonchev–Trinajstić information content (AvgIpc) is 2.92. The monoisotopic (exact) mass is 432 g/mol. The topological polar surface area (TPSA) is 72.8 Å². The first-order chi connectivity index (χ1) is 14.1. The molecule has 3 saturated carbocycles. The third-order valence-corrected chi connectivity index (χ3v) is 8.90. The predicted molar refractivity (Wildman–Crippen MR) is 120 cm³/mol. The molecule has 0 amide bonds. The van der Waals surface area contributed by atoms with Gasteiger partial charge in [0.2, 0.25) is 0 Å². The van der Waals surface area contributed by atoms with Gasteiger partial charge in [0.1, 0.15) is 11.7 Å². The van der Waals surface area contributed by atoms with Crippen LogP contribution >= 0.6 is 0 Å². The lowest BCUT2D eigenvalue weighted by Crippen LogP contribution is -2.63. The Morgan fingerprint density at radius 2 is 1.87 bits per heavy atom. The lowest BCUT2D eigenvalue weighted by Gasteiger charge is -2.61. The van der Waals surface area contributed by atoms with E-state index in [1.807, 2.05) is 6.92 Å². The molecule has 0 radical (unpaired) electrons. The van der Waals surface area contributed by atoms with Crippen molar-refractivity contribution in [3.63, 3.8) is 0 Å². The van der Waals surface area contributed by atoms with Gasteiger partial charge in [0, 0.05) is 22.7 Å². The van der Waals surface area contributed by atoms with Crippen molar-refractivity contribution in [2.75, 3.05) is 0 Å². The molecular weight excluding hydrogens is 392 g/mol. The number of hydrogen-bond acceptors (Lipinski definition) is 5. The smallest absolute Gasteiger partial charge is 0.430 e. The molecule has 5 heteroatoms. The van der Waals surface area contributed by atoms with Gasteiger partial charge in [0.05, 0.1) is 6.10 Å². The van der Waals surface area contributed by atoms with Crippen molar-refractivity contribution in [3.8, 4) is 0 Å². The van der Waals surface area contributed by atoms with Crippen LogP contribution in [0.3, 0.4) is 0 Å². The molecule has 0 unspecified atom stereocenters. The zero-order chi connectivity index (χ0) is 23.6. The largest absolute Gasteiger partial charge is 0.509 e. The first-order valence-electron chi connectivity index (χ1n) is 11.6. The summed E-state index contributed by atoms with van der Waals surface area (Å²) in [6.07, 6.45) is 2.46. The van der Waals surface area contributed by atoms with E-state index in [9.17, 15) is 14.7 Å². The number of hydrogen-bond donors (Lipinski definition) is 1. The second kappa shape index (κ2) is 7.47. The fraction of sp³-hybridized carbons (Fsp3) is 0.769. The molecule has 174 valence electrons. The molecule has 31 heavy (non-hydrogen) atoms. The van der Waals surface area contributed by atoms with Crippen LogP contribution in [-0.4, -0.2) is 34.9 Å². The van der Waals surface area contributed by atoms with E-state index in [1.165, 1.54) is 0 Å². The minimum atomic E-state index is -0.734. The van der Waals surface area contributed by atoms with Crippen LogP contribution in [0.4, 0.5) is 4.79 Å². The lowest BCUT2D eigenvalue weighted by molar-refractivity contribution is -0.195. The summed E-state index contributed by atoms with van der Waals surface area (Å²) < 4.78 is 11.5. The zero-order valence-electron chi connectivity index (χ0n) is 20.3. The van der Waals surface area contributed by atoms with Crippen molar-refractivity contribution in [2.45, 2.75) is 92.0 Å². The van der Waals surface area contributed by atoms with Gasteiger partial charge in [0.15, 0.2) is 5.78 Å². The Morgan fingerprint density at radius 1 is 1.26 bits per heavy atom. The summed E-state index contributed by atoms with van der Waals surface area (Å²) in [5.41, 5.74) is -1.69. The zero-order valence-corrected chi connectivity index (χ0v) is 20.3. The number of aliphatic hydroxyl groups excluding tert-OH is 1. The number of rotatable bonds is 2. The average molecular weight is 433 g/mol. The highest BCUT2D eigenvalue weighted by molar-refractivity contribution is 6.00. The van der Waals surface area contributed by atoms with Crippen molar-refractivity contribution in [1.29, 1.82) is 0 Å². The maximum atomic E-state index is 13.4. The van der Waals surface area contributed by atoms with Crippen LogP contribution in [0.25, 0.3) is 0 Å². The first kappa shape index (κ1) is 24.0. The molecule has 0 spiro atoms. The van der Waals surface area contributed by atoms with Crippen LogP contribution in [0, 0.1) is 34.0 Å². The highest BCUT2D eigenvalue weighted by Crippen LogP contribution is 2.68. The van der Waals surface area contributed by atoms with Crippen molar-refractivity contribution in [2.24, 2.45) is 34.0 Å². The van der Waals surface area contributed by atoms with E-state index in [4.69, 9.17) is 9.47 Å². The van der Waals surface area contributed by atoms with E-state index in [0.717, 1.165) is 12.8 Å². The van der Waals surface area contributed by atoms with Gasteiger partial charge >= 0.3 is 6.16 Å². The van der Waals surface area contributed by atoms with Gasteiger partial charge in [-0.05, 0) is 63.4 Å². The molecule has 3 aliphatic carbocycles. The highest BCUT2D eigenvalue weighted by atomic mass is 16.7. The standard InChI is InChI=1S/C26H40O5/c1-10-24(8)14-18(27)25(9)16(3)11-12-26(13-15(2)19(28)20(25)26)17(4)21(24)30-22(29)31-23(5,6)7/h10,16-18,20-21,27H,1-2,11-14H2,3-9H3/t16-,17+,18-,20+,21+,24-,25+,26+/m1/s1. The van der Waals surface area contributed by atoms with E-state index in [-0.39, 0.29) is 23.5 Å². The van der Waals surface area contributed by atoms with Crippen LogP contribution in [0.15, 0.2) is 24.8 Å². The van der Waals surface area contributed by atoms with Crippen molar-refractivity contribution in [3.05, 3.63) is 24.8 Å². The van der Waals surface area contributed by atoms with Crippen LogP contribution in [0.5, 0.6) is 0 Å². The Morgan fingerprint density at radius 3 is 2.42 bits per heavy atom. The second-order valence-electron chi connectivity index (χ2n) is 11.8. The molecule has 3 aliphatic rings. The van der Waals surface area contributed by atoms with E-state index >= 15 is 0 Å². The molecule has 3 rings (SSSR count). The summed E-state index contributed by atoms with van der Waals surface area (Å²) >= 11 is 0. The van der Waals surface area contributed by atoms with Gasteiger partial charge in [-0.25, -0.2) is 4.79 Å². The third-order valence-electron chi connectivity index (χ3n) is 8.90. The Labute approximate surface area is 187 Å². The molecule has 2 bridgehead atoms. The Balaban J connectivity index is 2.15. The maximum absolute atomic E-state index is 13.4. The Hall–Kier alpha value is -1.62. The Bertz CT molecular complexity index is 794. The SMILES string of the molecule is C=C[C@]1(C)C[C@@H](O)[C@]2(C)[C@H](C)CC[C@]3(CC(=C)C(=O)[C@H]32)[C@@H](C)[C@@H]1OC(=O)OC(C)(C)C. The highest BCUT2D eigenvalue weighted by Gasteiger charge is 2.69. The van der Waals surface area contributed by atoms with Crippen LogP contribution in [-0.2, 0) is 14.3 Å². The molecule has 0 aliphatic heterocycles. The molecular formula is C26H40O5. The molecule has 5 nitrogen and oxygen atoms in total. The number of aliphatic hydroxyl groups is 1. The molecule has 1 N–H and O–H groups in total. The maximum Gasteiger partial charge on any atom is 0.509 e. The van der Waals surface area contributed by atoms with Crippen LogP contribution in [0.1, 0.15) is 74.1 Å². The number of ether oxygens (including phenoxy) is 2. The summed E-state index contributed by atoms with van der Waals surface area (Å²) in [6, 6.07) is 0. The minimum absolute atomic E-state index is 0.0678. The van der Waals surface area contributed by atoms with Gasteiger partial charge in [-0.3, -0.25) is 4.79 Å². The van der Waals surface area contributed by atoms with E-state index < -0.39 is 40.2 Å². The normalized spacial score (nSPS) is 45.4. The van der Waals surface area contributed by atoms with Gasteiger partial charge in [0.25, 0.3) is 0 Å². The number of Topliss-reactive ketones (excluding diaryl/α,β-unsaturated/α-hetero) is 1. The summed E-state index contributed by atoms with van der Waals surface area (Å²) in [5, 5.41) is 11.6. The van der Waals surface area contributed by atoms with E-state index in [0.29, 0.717) is 18.4 Å². The van der Waals surface area contributed by atoms with Crippen molar-refractivity contribution < 1.29 is 24.2 Å². The summed E-state index contributed by atoms with van der Waals surface area (Å²) in [7, 11) is 0. The Kier molecular flexibility index (Phi) is 5.79. The number of carbonyl (C=O) groups excluding carboxylic acids is 2. The fourth-order valence-electron chi connectivity index (χ4n) is 6.88. The van der Waals surface area contributed by atoms with Gasteiger partial charge in [-0.15, -0.1) is 6.58 Å². The number of allylic oxidation sites excluding steroid dienone is 1. The van der Waals surface area contributed by atoms with Crippen molar-refractivity contribution in [1.82, 2.24) is 0 Å². The van der Waals surface area contributed by atoms with Gasteiger partial charge < -0.3 is 14.6 Å². The molecule has 0 aromatic carbocycles. The van der Waals surface area contributed by atoms with Gasteiger partial charge in [-0.1, -0.05) is 40.3 Å². The van der Waals surface area contributed by atoms with Crippen LogP contribution < -0.4 is 0 Å². The van der Waals surface area contributed by atoms with E-state index in [2.05, 4.69) is 33.9 Å². The number of ketones is 1.